The van der Waals surface area contributed by atoms with Crippen LogP contribution in [-0.2, 0) is 16.0 Å². The Labute approximate surface area is 198 Å². The van der Waals surface area contributed by atoms with Crippen molar-refractivity contribution in [1.82, 2.24) is 0 Å². The van der Waals surface area contributed by atoms with Crippen LogP contribution in [-0.4, -0.2) is 24.0 Å². The number of unbranched alkanes of at least 4 members (excludes halogenated alkanes) is 2. The zero-order chi connectivity index (χ0) is 24.7. The van der Waals surface area contributed by atoms with E-state index in [-0.39, 0.29) is 11.8 Å². The van der Waals surface area contributed by atoms with Gasteiger partial charge in [0.15, 0.2) is 0 Å². The summed E-state index contributed by atoms with van der Waals surface area (Å²) in [7, 11) is 0. The summed E-state index contributed by atoms with van der Waals surface area (Å²) < 4.78 is 11.6. The average molecular weight is 457 g/mol. The molecule has 0 amide bonds. The molecule has 0 heterocycles. The van der Waals surface area contributed by atoms with Gasteiger partial charge in [-0.05, 0) is 77.0 Å². The predicted molar refractivity (Wildman–Crippen MR) is 132 cm³/mol. The van der Waals surface area contributed by atoms with Crippen molar-refractivity contribution in [2.24, 2.45) is 17.4 Å². The topological polar surface area (TPSA) is 105 Å². The largest absolute Gasteiger partial charge is 0.425 e. The number of nitrogens with two attached hydrogens (primary N) is 2. The maximum absolute atomic E-state index is 12.5. The van der Waals surface area contributed by atoms with Gasteiger partial charge in [-0.1, -0.05) is 43.6 Å². The SMILES string of the molecule is C=C(C)C1CCC(C)=CC1c1c(OC(=O)[C@H](C)N)cc(CCCCC)cc1OC(=O)[C@H](C)N. The van der Waals surface area contributed by atoms with Gasteiger partial charge in [0.25, 0.3) is 0 Å². The zero-order valence-electron chi connectivity index (χ0n) is 20.8. The van der Waals surface area contributed by atoms with Crippen molar-refractivity contribution >= 4 is 11.9 Å². The molecule has 1 aliphatic carbocycles. The second-order valence-electron chi connectivity index (χ2n) is 9.41. The first kappa shape index (κ1) is 26.8. The molecule has 0 fully saturated rings. The number of carbonyl (C=O) groups excluding carboxylic acids is 2. The first-order chi connectivity index (χ1) is 15.5. The highest BCUT2D eigenvalue weighted by Crippen LogP contribution is 2.47. The Balaban J connectivity index is 2.71. The summed E-state index contributed by atoms with van der Waals surface area (Å²) in [5.41, 5.74) is 15.5. The third-order valence-electron chi connectivity index (χ3n) is 6.11. The van der Waals surface area contributed by atoms with Gasteiger partial charge >= 0.3 is 11.9 Å². The summed E-state index contributed by atoms with van der Waals surface area (Å²) >= 11 is 0. The minimum Gasteiger partial charge on any atom is -0.425 e. The van der Waals surface area contributed by atoms with E-state index >= 15 is 0 Å². The lowest BCUT2D eigenvalue weighted by atomic mass is 9.73. The maximum Gasteiger partial charge on any atom is 0.328 e. The number of hydrogen-bond acceptors (Lipinski definition) is 6. The summed E-state index contributed by atoms with van der Waals surface area (Å²) in [4.78, 5) is 25.1. The molecule has 0 saturated carbocycles. The highest BCUT2D eigenvalue weighted by Gasteiger charge is 2.33. The Morgan fingerprint density at radius 3 is 2.09 bits per heavy atom. The van der Waals surface area contributed by atoms with Crippen molar-refractivity contribution in [3.8, 4) is 11.5 Å². The van der Waals surface area contributed by atoms with Crippen LogP contribution in [0.2, 0.25) is 0 Å². The molecule has 0 aromatic heterocycles. The van der Waals surface area contributed by atoms with Gasteiger partial charge in [-0.25, -0.2) is 9.59 Å². The molecular formula is C27H40N2O4. The van der Waals surface area contributed by atoms with E-state index < -0.39 is 24.0 Å². The van der Waals surface area contributed by atoms with Crippen molar-refractivity contribution in [3.05, 3.63) is 47.1 Å². The fourth-order valence-corrected chi connectivity index (χ4v) is 4.19. The molecule has 1 aromatic rings. The van der Waals surface area contributed by atoms with Gasteiger partial charge in [0.05, 0.1) is 0 Å². The van der Waals surface area contributed by atoms with E-state index in [9.17, 15) is 9.59 Å². The van der Waals surface area contributed by atoms with Gasteiger partial charge in [-0.15, -0.1) is 0 Å². The number of rotatable bonds is 10. The minimum atomic E-state index is -0.780. The van der Waals surface area contributed by atoms with Crippen molar-refractivity contribution in [2.45, 2.75) is 91.1 Å². The van der Waals surface area contributed by atoms with Crippen molar-refractivity contribution < 1.29 is 19.1 Å². The van der Waals surface area contributed by atoms with Gasteiger partial charge in [0.1, 0.15) is 23.6 Å². The monoisotopic (exact) mass is 456 g/mol. The molecule has 0 radical (unpaired) electrons. The van der Waals surface area contributed by atoms with Gasteiger partial charge < -0.3 is 20.9 Å². The molecule has 2 unspecified atom stereocenters. The molecule has 6 nitrogen and oxygen atoms in total. The smallest absolute Gasteiger partial charge is 0.328 e. The second-order valence-corrected chi connectivity index (χ2v) is 9.41. The Kier molecular flexibility index (Phi) is 9.87. The van der Waals surface area contributed by atoms with Crippen molar-refractivity contribution in [1.29, 1.82) is 0 Å². The van der Waals surface area contributed by atoms with Crippen molar-refractivity contribution in [3.63, 3.8) is 0 Å². The summed E-state index contributed by atoms with van der Waals surface area (Å²) in [6.45, 7) is 13.6. The number of hydrogen-bond donors (Lipinski definition) is 2. The van der Waals surface area contributed by atoms with Gasteiger partial charge in [-0.3, -0.25) is 0 Å². The lowest BCUT2D eigenvalue weighted by molar-refractivity contribution is -0.135. The van der Waals surface area contributed by atoms with Crippen LogP contribution in [0.3, 0.4) is 0 Å². The van der Waals surface area contributed by atoms with E-state index in [0.29, 0.717) is 17.1 Å². The Morgan fingerprint density at radius 1 is 1.09 bits per heavy atom. The van der Waals surface area contributed by atoms with Crippen LogP contribution in [0.5, 0.6) is 11.5 Å². The molecule has 33 heavy (non-hydrogen) atoms. The van der Waals surface area contributed by atoms with E-state index in [4.69, 9.17) is 20.9 Å². The third-order valence-corrected chi connectivity index (χ3v) is 6.11. The molecule has 0 bridgehead atoms. The van der Waals surface area contributed by atoms with Crippen LogP contribution in [0.25, 0.3) is 0 Å². The van der Waals surface area contributed by atoms with Crippen LogP contribution in [0.15, 0.2) is 35.9 Å². The minimum absolute atomic E-state index is 0.125. The van der Waals surface area contributed by atoms with E-state index in [1.165, 1.54) is 5.57 Å². The maximum atomic E-state index is 12.5. The number of ether oxygens (including phenoxy) is 2. The number of allylic oxidation sites excluding steroid dienone is 3. The highest BCUT2D eigenvalue weighted by atomic mass is 16.5. The van der Waals surface area contributed by atoms with E-state index in [1.807, 2.05) is 19.1 Å². The van der Waals surface area contributed by atoms with Gasteiger partial charge in [0.2, 0.25) is 0 Å². The van der Waals surface area contributed by atoms with Crippen LogP contribution < -0.4 is 20.9 Å². The summed E-state index contributed by atoms with van der Waals surface area (Å²) in [5.74, 6) is -0.306. The predicted octanol–water partition coefficient (Wildman–Crippen LogP) is 4.94. The first-order valence-electron chi connectivity index (χ1n) is 12.0. The number of carbonyl (C=O) groups is 2. The lowest BCUT2D eigenvalue weighted by Crippen LogP contribution is -2.33. The Bertz CT molecular complexity index is 858. The van der Waals surface area contributed by atoms with Crippen LogP contribution in [0, 0.1) is 5.92 Å². The molecule has 1 aliphatic rings. The Morgan fingerprint density at radius 2 is 1.64 bits per heavy atom. The molecule has 6 heteroatoms. The van der Waals surface area contributed by atoms with Gasteiger partial charge in [-0.2, -0.15) is 0 Å². The van der Waals surface area contributed by atoms with E-state index in [1.54, 1.807) is 13.8 Å². The first-order valence-corrected chi connectivity index (χ1v) is 12.0. The molecule has 182 valence electrons. The summed E-state index contributed by atoms with van der Waals surface area (Å²) in [6, 6.07) is 2.22. The standard InChI is InChI=1S/C27H40N2O4/c1-7-8-9-10-20-14-23(32-26(30)18(5)28)25(24(15-20)33-27(31)19(6)29)22-13-17(4)11-12-21(22)16(2)3/h13-15,18-19,21-22H,2,7-12,28-29H2,1,3-6H3/t18-,19-,21?,22?/m0/s1. The lowest BCUT2D eigenvalue weighted by Gasteiger charge is -2.32. The fourth-order valence-electron chi connectivity index (χ4n) is 4.19. The molecule has 2 rings (SSSR count). The second kappa shape index (κ2) is 12.1. The molecule has 4 N–H and O–H groups in total. The number of benzene rings is 1. The zero-order valence-corrected chi connectivity index (χ0v) is 20.8. The van der Waals surface area contributed by atoms with Crippen LogP contribution in [0.4, 0.5) is 0 Å². The summed E-state index contributed by atoms with van der Waals surface area (Å²) in [6.07, 6.45) is 7.98. The van der Waals surface area contributed by atoms with Crippen molar-refractivity contribution in [2.75, 3.05) is 0 Å². The molecule has 0 aliphatic heterocycles. The average Bonchev–Trinajstić information content (AvgIpc) is 2.73. The molecule has 0 saturated heterocycles. The molecular weight excluding hydrogens is 416 g/mol. The number of aryl methyl sites for hydroxylation is 1. The van der Waals surface area contributed by atoms with Crippen LogP contribution in [0.1, 0.15) is 83.8 Å². The molecule has 1 aromatic carbocycles. The van der Waals surface area contributed by atoms with Crippen LogP contribution >= 0.6 is 0 Å². The number of esters is 2. The van der Waals surface area contributed by atoms with Gasteiger partial charge in [0, 0.05) is 11.5 Å². The fraction of sp³-hybridized carbons (Fsp3) is 0.556. The third kappa shape index (κ3) is 7.27. The molecule has 0 spiro atoms. The summed E-state index contributed by atoms with van der Waals surface area (Å²) in [5, 5.41) is 0. The highest BCUT2D eigenvalue weighted by molar-refractivity contribution is 5.80. The molecule has 4 atom stereocenters. The van der Waals surface area contributed by atoms with E-state index in [2.05, 4.69) is 26.5 Å². The van der Waals surface area contributed by atoms with E-state index in [0.717, 1.165) is 49.7 Å². The quantitative estimate of drug-likeness (QED) is 0.224. The Hall–Kier alpha value is -2.44. The normalized spacial score (nSPS) is 19.9.